The van der Waals surface area contributed by atoms with Gasteiger partial charge in [0.1, 0.15) is 5.92 Å². The molecule has 0 amide bonds. The van der Waals surface area contributed by atoms with E-state index < -0.39 is 12.0 Å². The van der Waals surface area contributed by atoms with Crippen molar-refractivity contribution < 1.29 is 14.3 Å². The third-order valence-electron chi connectivity index (χ3n) is 4.36. The molecule has 3 unspecified atom stereocenters. The van der Waals surface area contributed by atoms with Crippen LogP contribution < -0.4 is 0 Å². The maximum Gasteiger partial charge on any atom is 0.317 e. The molecule has 0 spiro atoms. The molecule has 3 heteroatoms. The average Bonchev–Trinajstić information content (AvgIpc) is 3.24. The van der Waals surface area contributed by atoms with Gasteiger partial charge in [0.05, 0.1) is 0 Å². The molecule has 3 nitrogen and oxygen atoms in total. The molecular weight excluding hydrogens is 252 g/mol. The molecule has 1 aromatic rings. The van der Waals surface area contributed by atoms with Gasteiger partial charge < -0.3 is 4.74 Å². The van der Waals surface area contributed by atoms with Gasteiger partial charge in [-0.15, -0.1) is 0 Å². The predicted molar refractivity (Wildman–Crippen MR) is 75.2 cm³/mol. The lowest BCUT2D eigenvalue weighted by molar-refractivity contribution is -0.145. The minimum Gasteiger partial charge on any atom is -0.454 e. The fourth-order valence-corrected chi connectivity index (χ4v) is 3.24. The lowest BCUT2D eigenvalue weighted by Gasteiger charge is -2.20. The number of esters is 1. The van der Waals surface area contributed by atoms with E-state index in [0.29, 0.717) is 12.3 Å². The first-order valence-electron chi connectivity index (χ1n) is 7.51. The van der Waals surface area contributed by atoms with Crippen molar-refractivity contribution in [2.75, 3.05) is 0 Å². The quantitative estimate of drug-likeness (QED) is 0.611. The van der Waals surface area contributed by atoms with E-state index in [-0.39, 0.29) is 17.7 Å². The third-order valence-corrected chi connectivity index (χ3v) is 4.36. The number of cyclic esters (lactones) is 1. The highest BCUT2D eigenvalue weighted by atomic mass is 16.6. The molecule has 1 heterocycles. The second-order valence-corrected chi connectivity index (χ2v) is 5.87. The maximum atomic E-state index is 12.5. The fourth-order valence-electron chi connectivity index (χ4n) is 3.24. The van der Waals surface area contributed by atoms with Crippen LogP contribution in [0, 0.1) is 11.8 Å². The first-order chi connectivity index (χ1) is 9.72. The summed E-state index contributed by atoms with van der Waals surface area (Å²) in [6.07, 6.45) is 3.20. The fraction of sp³-hybridized carbons (Fsp3) is 0.529. The van der Waals surface area contributed by atoms with E-state index in [1.165, 1.54) is 0 Å². The number of ketones is 1. The summed E-state index contributed by atoms with van der Waals surface area (Å²) in [5.74, 6) is -0.425. The molecule has 1 saturated carbocycles. The minimum atomic E-state index is -0.582. The summed E-state index contributed by atoms with van der Waals surface area (Å²) < 4.78 is 5.32. The molecule has 0 N–H and O–H groups in total. The summed E-state index contributed by atoms with van der Waals surface area (Å²) in [7, 11) is 0. The molecule has 2 fully saturated rings. The van der Waals surface area contributed by atoms with Crippen molar-refractivity contribution in [3.05, 3.63) is 35.9 Å². The number of carbonyl (C=O) groups is 2. The van der Waals surface area contributed by atoms with E-state index in [2.05, 4.69) is 0 Å². The lowest BCUT2D eigenvalue weighted by Crippen LogP contribution is -2.27. The Morgan fingerprint density at radius 2 is 1.90 bits per heavy atom. The highest BCUT2D eigenvalue weighted by Crippen LogP contribution is 2.49. The van der Waals surface area contributed by atoms with Gasteiger partial charge in [-0.2, -0.15) is 0 Å². The number of hydrogen-bond donors (Lipinski definition) is 0. The Hall–Kier alpha value is -1.64. The molecule has 3 atom stereocenters. The SMILES string of the molecule is CCCC1OC(=O)C(C(c2ccccc2)C2CC2)C1=O. The number of hydrogen-bond acceptors (Lipinski definition) is 3. The molecule has 3 rings (SSSR count). The van der Waals surface area contributed by atoms with Gasteiger partial charge in [-0.05, 0) is 30.7 Å². The van der Waals surface area contributed by atoms with E-state index in [9.17, 15) is 9.59 Å². The number of Topliss-reactive ketones (excluding diaryl/α,β-unsaturated/α-hetero) is 1. The summed E-state index contributed by atoms with van der Waals surface area (Å²) in [6.45, 7) is 2.00. The van der Waals surface area contributed by atoms with Crippen molar-refractivity contribution in [2.24, 2.45) is 11.8 Å². The van der Waals surface area contributed by atoms with Crippen molar-refractivity contribution in [3.63, 3.8) is 0 Å². The number of carbonyl (C=O) groups excluding carboxylic acids is 2. The average molecular weight is 272 g/mol. The Kier molecular flexibility index (Phi) is 3.60. The summed E-state index contributed by atoms with van der Waals surface area (Å²) in [5.41, 5.74) is 1.10. The Bertz CT molecular complexity index is 504. The Morgan fingerprint density at radius 3 is 2.50 bits per heavy atom. The van der Waals surface area contributed by atoms with Crippen molar-refractivity contribution in [3.8, 4) is 0 Å². The largest absolute Gasteiger partial charge is 0.454 e. The Balaban J connectivity index is 1.88. The monoisotopic (exact) mass is 272 g/mol. The maximum absolute atomic E-state index is 12.5. The third kappa shape index (κ3) is 2.37. The zero-order chi connectivity index (χ0) is 14.1. The minimum absolute atomic E-state index is 0.00222. The standard InChI is InChI=1S/C17H20O3/c1-2-6-13-16(18)15(17(19)20-13)14(12-9-10-12)11-7-4-3-5-8-11/h3-5,7-8,12-15H,2,6,9-10H2,1H3. The van der Waals surface area contributed by atoms with E-state index >= 15 is 0 Å². The number of ether oxygens (including phenoxy) is 1. The molecule has 0 bridgehead atoms. The molecule has 106 valence electrons. The van der Waals surface area contributed by atoms with Gasteiger partial charge in [-0.25, -0.2) is 0 Å². The first kappa shape index (κ1) is 13.3. The van der Waals surface area contributed by atoms with Crippen LogP contribution in [-0.4, -0.2) is 17.9 Å². The highest BCUT2D eigenvalue weighted by Gasteiger charge is 2.51. The van der Waals surface area contributed by atoms with Crippen LogP contribution in [0.4, 0.5) is 0 Å². The van der Waals surface area contributed by atoms with Crippen molar-refractivity contribution in [1.29, 1.82) is 0 Å². The van der Waals surface area contributed by atoms with Gasteiger partial charge in [0.2, 0.25) is 0 Å². The van der Waals surface area contributed by atoms with Gasteiger partial charge in [0.15, 0.2) is 11.9 Å². The van der Waals surface area contributed by atoms with Gasteiger partial charge in [0.25, 0.3) is 0 Å². The van der Waals surface area contributed by atoms with Crippen LogP contribution >= 0.6 is 0 Å². The van der Waals surface area contributed by atoms with Crippen LogP contribution in [-0.2, 0) is 14.3 Å². The molecule has 0 aromatic heterocycles. The summed E-state index contributed by atoms with van der Waals surface area (Å²) in [6, 6.07) is 9.95. The smallest absolute Gasteiger partial charge is 0.317 e. The van der Waals surface area contributed by atoms with Crippen LogP contribution in [0.15, 0.2) is 30.3 Å². The summed E-state index contributed by atoms with van der Waals surface area (Å²) in [5, 5.41) is 0. The molecule has 1 aromatic carbocycles. The summed E-state index contributed by atoms with van der Waals surface area (Å²) in [4.78, 5) is 24.7. The molecule has 1 aliphatic heterocycles. The number of benzene rings is 1. The topological polar surface area (TPSA) is 43.4 Å². The molecule has 2 aliphatic rings. The first-order valence-corrected chi connectivity index (χ1v) is 7.51. The highest BCUT2D eigenvalue weighted by molar-refractivity contribution is 6.07. The van der Waals surface area contributed by atoms with Crippen molar-refractivity contribution >= 4 is 11.8 Å². The van der Waals surface area contributed by atoms with Gasteiger partial charge in [-0.3, -0.25) is 9.59 Å². The van der Waals surface area contributed by atoms with Crippen LogP contribution in [0.1, 0.15) is 44.1 Å². The second kappa shape index (κ2) is 5.39. The van der Waals surface area contributed by atoms with E-state index in [4.69, 9.17) is 4.74 Å². The lowest BCUT2D eigenvalue weighted by atomic mass is 9.79. The zero-order valence-electron chi connectivity index (χ0n) is 11.7. The van der Waals surface area contributed by atoms with Gasteiger partial charge in [-0.1, -0.05) is 43.7 Å². The Morgan fingerprint density at radius 1 is 1.20 bits per heavy atom. The Labute approximate surface area is 119 Å². The normalized spacial score (nSPS) is 27.4. The molecule has 1 saturated heterocycles. The van der Waals surface area contributed by atoms with Crippen LogP contribution in [0.25, 0.3) is 0 Å². The molecule has 20 heavy (non-hydrogen) atoms. The van der Waals surface area contributed by atoms with Crippen LogP contribution in [0.2, 0.25) is 0 Å². The van der Waals surface area contributed by atoms with E-state index in [1.54, 1.807) is 0 Å². The van der Waals surface area contributed by atoms with Crippen LogP contribution in [0.5, 0.6) is 0 Å². The zero-order valence-corrected chi connectivity index (χ0v) is 11.7. The molecule has 0 radical (unpaired) electrons. The van der Waals surface area contributed by atoms with Crippen molar-refractivity contribution in [2.45, 2.75) is 44.6 Å². The summed E-state index contributed by atoms with van der Waals surface area (Å²) >= 11 is 0. The molecule has 1 aliphatic carbocycles. The number of rotatable bonds is 5. The van der Waals surface area contributed by atoms with Crippen LogP contribution in [0.3, 0.4) is 0 Å². The predicted octanol–water partition coefficient (Wildman–Crippen LogP) is 3.09. The van der Waals surface area contributed by atoms with Gasteiger partial charge >= 0.3 is 5.97 Å². The second-order valence-electron chi connectivity index (χ2n) is 5.87. The van der Waals surface area contributed by atoms with Crippen molar-refractivity contribution in [1.82, 2.24) is 0 Å². The van der Waals surface area contributed by atoms with E-state index in [0.717, 1.165) is 24.8 Å². The molecular formula is C17H20O3. The van der Waals surface area contributed by atoms with Gasteiger partial charge in [0, 0.05) is 5.92 Å². The van der Waals surface area contributed by atoms with E-state index in [1.807, 2.05) is 37.3 Å².